The molecule has 0 heterocycles. The van der Waals surface area contributed by atoms with Crippen LogP contribution in [0, 0.1) is 23.5 Å². The van der Waals surface area contributed by atoms with Gasteiger partial charge in [-0.3, -0.25) is 0 Å². The summed E-state index contributed by atoms with van der Waals surface area (Å²) in [6.45, 7) is 6.58. The fraction of sp³-hybridized carbons (Fsp3) is 0.625. The largest absolute Gasteiger partial charge is 0.383 e. The van der Waals surface area contributed by atoms with E-state index in [0.717, 1.165) is 25.6 Å². The van der Waals surface area contributed by atoms with Crippen LogP contribution in [0.15, 0.2) is 18.2 Å². The maximum Gasteiger partial charge on any atom is 0.129 e. The second-order valence-corrected chi connectivity index (χ2v) is 5.63. The van der Waals surface area contributed by atoms with Crippen molar-refractivity contribution in [2.75, 3.05) is 26.8 Å². The molecule has 1 aromatic carbocycles. The molecule has 1 atom stereocenters. The number of halogens is 2. The molecule has 1 N–H and O–H groups in total. The van der Waals surface area contributed by atoms with Crippen LogP contribution < -0.4 is 5.32 Å². The fourth-order valence-electron chi connectivity index (χ4n) is 2.38. The normalized spacial score (nSPS) is 12.9. The Hall–Kier alpha value is -1.00. The van der Waals surface area contributed by atoms with Gasteiger partial charge in [0.05, 0.1) is 6.61 Å². The fourth-order valence-corrected chi connectivity index (χ4v) is 2.38. The van der Waals surface area contributed by atoms with Gasteiger partial charge < -0.3 is 10.1 Å². The molecule has 20 heavy (non-hydrogen) atoms. The van der Waals surface area contributed by atoms with Crippen LogP contribution in [0.5, 0.6) is 0 Å². The molecule has 0 saturated carbocycles. The third-order valence-electron chi connectivity index (χ3n) is 3.24. The van der Waals surface area contributed by atoms with Crippen LogP contribution in [-0.2, 0) is 11.2 Å². The highest BCUT2D eigenvalue weighted by Gasteiger charge is 2.14. The Morgan fingerprint density at radius 1 is 1.25 bits per heavy atom. The summed E-state index contributed by atoms with van der Waals surface area (Å²) in [5.74, 6) is -0.0833. The molecule has 114 valence electrons. The highest BCUT2D eigenvalue weighted by Crippen LogP contribution is 2.19. The maximum atomic E-state index is 13.7. The Balaban J connectivity index is 2.58. The summed E-state index contributed by atoms with van der Waals surface area (Å²) in [6.07, 6.45) is 1.64. The first-order valence-corrected chi connectivity index (χ1v) is 7.16. The highest BCUT2D eigenvalue weighted by atomic mass is 19.1. The quantitative estimate of drug-likeness (QED) is 0.702. The predicted octanol–water partition coefficient (Wildman–Crippen LogP) is 3.41. The third kappa shape index (κ3) is 6.44. The van der Waals surface area contributed by atoms with E-state index in [2.05, 4.69) is 19.2 Å². The van der Waals surface area contributed by atoms with Gasteiger partial charge in [0, 0.05) is 19.7 Å². The lowest BCUT2D eigenvalue weighted by Crippen LogP contribution is -2.28. The molecule has 0 fully saturated rings. The zero-order valence-electron chi connectivity index (χ0n) is 12.6. The Bertz CT molecular complexity index is 396. The van der Waals surface area contributed by atoms with E-state index in [4.69, 9.17) is 4.74 Å². The van der Waals surface area contributed by atoms with Gasteiger partial charge in [0.2, 0.25) is 0 Å². The first-order valence-electron chi connectivity index (χ1n) is 7.16. The number of benzene rings is 1. The minimum atomic E-state index is -0.523. The van der Waals surface area contributed by atoms with Gasteiger partial charge in [-0.15, -0.1) is 0 Å². The van der Waals surface area contributed by atoms with Crippen LogP contribution >= 0.6 is 0 Å². The van der Waals surface area contributed by atoms with Gasteiger partial charge in [-0.1, -0.05) is 19.9 Å². The minimum absolute atomic E-state index is 0.340. The van der Waals surface area contributed by atoms with Crippen LogP contribution in [-0.4, -0.2) is 26.8 Å². The molecular weight excluding hydrogens is 260 g/mol. The molecule has 2 nitrogen and oxygen atoms in total. The molecule has 0 spiro atoms. The Labute approximate surface area is 120 Å². The van der Waals surface area contributed by atoms with Gasteiger partial charge in [0.25, 0.3) is 0 Å². The van der Waals surface area contributed by atoms with Crippen molar-refractivity contribution in [2.45, 2.75) is 26.7 Å². The molecule has 0 saturated heterocycles. The topological polar surface area (TPSA) is 21.3 Å². The van der Waals surface area contributed by atoms with Gasteiger partial charge in [-0.25, -0.2) is 8.78 Å². The van der Waals surface area contributed by atoms with Crippen molar-refractivity contribution in [2.24, 2.45) is 11.8 Å². The van der Waals surface area contributed by atoms with E-state index in [-0.39, 0.29) is 0 Å². The molecule has 0 amide bonds. The third-order valence-corrected chi connectivity index (χ3v) is 3.24. The monoisotopic (exact) mass is 285 g/mol. The van der Waals surface area contributed by atoms with Crippen molar-refractivity contribution >= 4 is 0 Å². The van der Waals surface area contributed by atoms with E-state index >= 15 is 0 Å². The summed E-state index contributed by atoms with van der Waals surface area (Å²) in [7, 11) is 1.67. The number of methoxy groups -OCH3 is 1. The Morgan fingerprint density at radius 3 is 2.60 bits per heavy atom. The lowest BCUT2D eigenvalue weighted by atomic mass is 9.90. The lowest BCUT2D eigenvalue weighted by molar-refractivity contribution is 0.197. The predicted molar refractivity (Wildman–Crippen MR) is 77.8 cm³/mol. The number of hydrogen-bond acceptors (Lipinski definition) is 2. The number of ether oxygens (including phenoxy) is 1. The van der Waals surface area contributed by atoms with Crippen LogP contribution in [0.3, 0.4) is 0 Å². The molecule has 0 aliphatic rings. The van der Waals surface area contributed by atoms with E-state index in [1.807, 2.05) is 0 Å². The molecule has 1 aromatic rings. The van der Waals surface area contributed by atoms with Crippen molar-refractivity contribution in [3.8, 4) is 0 Å². The Morgan fingerprint density at radius 2 is 2.00 bits per heavy atom. The van der Waals surface area contributed by atoms with Crippen molar-refractivity contribution in [3.63, 3.8) is 0 Å². The van der Waals surface area contributed by atoms with Crippen LogP contribution in [0.4, 0.5) is 8.78 Å². The second-order valence-electron chi connectivity index (χ2n) is 5.63. The van der Waals surface area contributed by atoms with E-state index < -0.39 is 11.6 Å². The maximum absolute atomic E-state index is 13.7. The van der Waals surface area contributed by atoms with E-state index in [9.17, 15) is 8.78 Å². The molecule has 1 unspecified atom stereocenters. The summed E-state index contributed by atoms with van der Waals surface area (Å²) < 4.78 is 31.6. The van der Waals surface area contributed by atoms with Crippen molar-refractivity contribution in [3.05, 3.63) is 35.4 Å². The highest BCUT2D eigenvalue weighted by molar-refractivity contribution is 5.19. The molecule has 1 rings (SSSR count). The smallest absolute Gasteiger partial charge is 0.129 e. The summed E-state index contributed by atoms with van der Waals surface area (Å²) in [6, 6.07) is 3.83. The average Bonchev–Trinajstić information content (AvgIpc) is 2.37. The summed E-state index contributed by atoms with van der Waals surface area (Å²) >= 11 is 0. The molecule has 0 bridgehead atoms. The summed E-state index contributed by atoms with van der Waals surface area (Å²) in [4.78, 5) is 0. The number of hydrogen-bond donors (Lipinski definition) is 1. The standard InChI is InChI=1S/C16H25F2NO/c1-12(2)8-13(11-19-6-7-20-3)9-14-4-5-15(17)10-16(14)18/h4-5,10,12-13,19H,6-9,11H2,1-3H3. The molecular formula is C16H25F2NO. The van der Waals surface area contributed by atoms with Gasteiger partial charge >= 0.3 is 0 Å². The summed E-state index contributed by atoms with van der Waals surface area (Å²) in [5.41, 5.74) is 0.589. The first-order chi connectivity index (χ1) is 9.52. The average molecular weight is 285 g/mol. The lowest BCUT2D eigenvalue weighted by Gasteiger charge is -2.20. The van der Waals surface area contributed by atoms with Gasteiger partial charge in [0.15, 0.2) is 0 Å². The molecule has 0 radical (unpaired) electrons. The molecule has 0 aromatic heterocycles. The first kappa shape index (κ1) is 17.1. The van der Waals surface area contributed by atoms with Gasteiger partial charge in [-0.2, -0.15) is 0 Å². The second kappa shape index (κ2) is 9.03. The van der Waals surface area contributed by atoms with Crippen LogP contribution in [0.2, 0.25) is 0 Å². The minimum Gasteiger partial charge on any atom is -0.383 e. The zero-order valence-corrected chi connectivity index (χ0v) is 12.6. The van der Waals surface area contributed by atoms with Crippen molar-refractivity contribution < 1.29 is 13.5 Å². The Kier molecular flexibility index (Phi) is 7.70. The van der Waals surface area contributed by atoms with E-state index in [1.165, 1.54) is 6.07 Å². The SMILES string of the molecule is COCCNCC(Cc1ccc(F)cc1F)CC(C)C. The van der Waals surface area contributed by atoms with Crippen LogP contribution in [0.25, 0.3) is 0 Å². The number of nitrogens with one attached hydrogen (secondary N) is 1. The zero-order chi connectivity index (χ0) is 15.0. The molecule has 4 heteroatoms. The van der Waals surface area contributed by atoms with Gasteiger partial charge in [0.1, 0.15) is 11.6 Å². The number of rotatable bonds is 9. The summed E-state index contributed by atoms with van der Waals surface area (Å²) in [5, 5.41) is 3.32. The molecule has 0 aliphatic carbocycles. The van der Waals surface area contributed by atoms with Crippen molar-refractivity contribution in [1.29, 1.82) is 0 Å². The van der Waals surface area contributed by atoms with E-state index in [0.29, 0.717) is 30.4 Å². The van der Waals surface area contributed by atoms with E-state index in [1.54, 1.807) is 13.2 Å². The molecule has 0 aliphatic heterocycles. The van der Waals surface area contributed by atoms with Crippen molar-refractivity contribution in [1.82, 2.24) is 5.32 Å². The van der Waals surface area contributed by atoms with Gasteiger partial charge in [-0.05, 0) is 42.9 Å². The van der Waals surface area contributed by atoms with Crippen LogP contribution in [0.1, 0.15) is 25.8 Å².